The first-order valence-electron chi connectivity index (χ1n) is 11.2. The Kier molecular flexibility index (Phi) is 7.71. The Morgan fingerprint density at radius 3 is 1.86 bits per heavy atom. The van der Waals surface area contributed by atoms with E-state index in [4.69, 9.17) is 0 Å². The minimum Gasteiger partial charge on any atom is -0.378 e. The van der Waals surface area contributed by atoms with E-state index in [1.54, 1.807) is 39.1 Å². The molecule has 3 aromatic rings. The number of benzene rings is 3. The van der Waals surface area contributed by atoms with Gasteiger partial charge < -0.3 is 10.2 Å². The van der Waals surface area contributed by atoms with Crippen LogP contribution in [0.5, 0.6) is 0 Å². The maximum absolute atomic E-state index is 13.3. The molecule has 9 heteroatoms. The molecule has 0 radical (unpaired) electrons. The van der Waals surface area contributed by atoms with Gasteiger partial charge >= 0.3 is 12.4 Å². The molecule has 0 fully saturated rings. The fourth-order valence-electron chi connectivity index (χ4n) is 3.83. The van der Waals surface area contributed by atoms with Gasteiger partial charge in [-0.2, -0.15) is 26.3 Å². The fourth-order valence-corrected chi connectivity index (χ4v) is 3.83. The van der Waals surface area contributed by atoms with Gasteiger partial charge in [-0.1, -0.05) is 50.2 Å². The predicted molar refractivity (Wildman–Crippen MR) is 129 cm³/mol. The van der Waals surface area contributed by atoms with Crippen LogP contribution in [0.1, 0.15) is 43.5 Å². The summed E-state index contributed by atoms with van der Waals surface area (Å²) in [6.45, 7) is 5.00. The van der Waals surface area contributed by atoms with E-state index in [0.29, 0.717) is 23.5 Å². The highest BCUT2D eigenvalue weighted by Gasteiger charge is 2.37. The molecule has 1 N–H and O–H groups in total. The number of hydrogen-bond acceptors (Lipinski definition) is 2. The van der Waals surface area contributed by atoms with E-state index < -0.39 is 29.5 Å². The zero-order chi connectivity index (χ0) is 26.8. The lowest BCUT2D eigenvalue weighted by Crippen LogP contribution is -2.30. The van der Waals surface area contributed by atoms with Crippen LogP contribution < -0.4 is 10.2 Å². The van der Waals surface area contributed by atoms with Crippen LogP contribution in [-0.2, 0) is 17.1 Å². The van der Waals surface area contributed by atoms with Crippen LogP contribution in [0.15, 0.2) is 66.7 Å². The number of carbonyl (C=O) groups excluding carboxylic acids is 1. The van der Waals surface area contributed by atoms with Crippen molar-refractivity contribution < 1.29 is 31.1 Å². The molecule has 1 amide bonds. The van der Waals surface area contributed by atoms with E-state index in [1.807, 2.05) is 30.3 Å². The number of anilines is 2. The van der Waals surface area contributed by atoms with Crippen LogP contribution in [0.2, 0.25) is 0 Å². The molecule has 192 valence electrons. The molecule has 0 heterocycles. The van der Waals surface area contributed by atoms with Crippen LogP contribution in [0, 0.1) is 5.92 Å². The molecule has 3 nitrogen and oxygen atoms in total. The molecular weight excluding hydrogens is 482 g/mol. The maximum Gasteiger partial charge on any atom is 0.416 e. The standard InChI is InChI=1S/C27H26F6N2O/c1-16(2)25(36)35(4)24-15-22(10-11-23(24)18-8-6-5-7-9-18)34-17(3)19-12-20(26(28,29)30)14-21(13-19)27(31,32)33/h5-17,34H,1-4H3. The van der Waals surface area contributed by atoms with Crippen molar-refractivity contribution in [3.05, 3.63) is 83.4 Å². The molecule has 0 aliphatic heterocycles. The second kappa shape index (κ2) is 10.2. The molecule has 0 saturated carbocycles. The fraction of sp³-hybridized carbons (Fsp3) is 0.296. The first-order valence-corrected chi connectivity index (χ1v) is 11.2. The van der Waals surface area contributed by atoms with Gasteiger partial charge in [0.2, 0.25) is 5.91 Å². The average molecular weight is 509 g/mol. The summed E-state index contributed by atoms with van der Waals surface area (Å²) in [5, 5.41) is 2.98. The summed E-state index contributed by atoms with van der Waals surface area (Å²) in [7, 11) is 1.62. The number of alkyl halides is 6. The molecule has 0 aliphatic carbocycles. The van der Waals surface area contributed by atoms with Gasteiger partial charge in [0.05, 0.1) is 16.8 Å². The van der Waals surface area contributed by atoms with Gasteiger partial charge in [-0.15, -0.1) is 0 Å². The molecule has 1 atom stereocenters. The van der Waals surface area contributed by atoms with Crippen LogP contribution >= 0.6 is 0 Å². The van der Waals surface area contributed by atoms with Gasteiger partial charge in [0, 0.05) is 30.3 Å². The van der Waals surface area contributed by atoms with E-state index in [2.05, 4.69) is 5.32 Å². The van der Waals surface area contributed by atoms with Crippen LogP contribution in [0.3, 0.4) is 0 Å². The monoisotopic (exact) mass is 508 g/mol. The predicted octanol–water partition coefficient (Wildman–Crippen LogP) is 8.18. The van der Waals surface area contributed by atoms with Crippen LogP contribution in [0.25, 0.3) is 11.1 Å². The molecule has 0 saturated heterocycles. The topological polar surface area (TPSA) is 32.3 Å². The number of halogens is 6. The maximum atomic E-state index is 13.3. The lowest BCUT2D eigenvalue weighted by Gasteiger charge is -2.25. The Labute approximate surface area is 205 Å². The summed E-state index contributed by atoms with van der Waals surface area (Å²) >= 11 is 0. The first kappa shape index (κ1) is 27.1. The smallest absolute Gasteiger partial charge is 0.378 e. The normalized spacial score (nSPS) is 13.0. The van der Waals surface area contributed by atoms with Gasteiger partial charge in [0.15, 0.2) is 0 Å². The molecular formula is C27H26F6N2O. The quantitative estimate of drug-likeness (QED) is 0.341. The molecule has 36 heavy (non-hydrogen) atoms. The summed E-state index contributed by atoms with van der Waals surface area (Å²) in [6.07, 6.45) is -9.86. The third-order valence-electron chi connectivity index (χ3n) is 5.76. The molecule has 3 rings (SSSR count). The van der Waals surface area contributed by atoms with Crippen LogP contribution in [0.4, 0.5) is 37.7 Å². The summed E-state index contributed by atoms with van der Waals surface area (Å²) in [4.78, 5) is 14.2. The number of hydrogen-bond donors (Lipinski definition) is 1. The Hall–Kier alpha value is -3.49. The highest BCUT2D eigenvalue weighted by molar-refractivity contribution is 5.99. The number of nitrogens with zero attached hydrogens (tertiary/aromatic N) is 1. The molecule has 0 aliphatic rings. The van der Waals surface area contributed by atoms with E-state index >= 15 is 0 Å². The van der Waals surface area contributed by atoms with Crippen molar-refractivity contribution in [1.82, 2.24) is 0 Å². The average Bonchev–Trinajstić information content (AvgIpc) is 2.82. The van der Waals surface area contributed by atoms with Crippen molar-refractivity contribution in [1.29, 1.82) is 0 Å². The van der Waals surface area contributed by atoms with E-state index in [1.165, 1.54) is 11.8 Å². The van der Waals surface area contributed by atoms with Crippen molar-refractivity contribution in [2.24, 2.45) is 5.92 Å². The summed E-state index contributed by atoms with van der Waals surface area (Å²) < 4.78 is 79.7. The van der Waals surface area contributed by atoms with E-state index in [9.17, 15) is 31.1 Å². The minimum atomic E-state index is -4.93. The Morgan fingerprint density at radius 2 is 1.36 bits per heavy atom. The van der Waals surface area contributed by atoms with E-state index in [0.717, 1.165) is 11.1 Å². The van der Waals surface area contributed by atoms with Crippen molar-refractivity contribution in [3.8, 4) is 11.1 Å². The van der Waals surface area contributed by atoms with Gasteiger partial charge in [-0.05, 0) is 48.4 Å². The summed E-state index contributed by atoms with van der Waals surface area (Å²) in [5.74, 6) is -0.440. The van der Waals surface area contributed by atoms with E-state index in [-0.39, 0.29) is 23.5 Å². The highest BCUT2D eigenvalue weighted by atomic mass is 19.4. The third kappa shape index (κ3) is 6.19. The van der Waals surface area contributed by atoms with Crippen molar-refractivity contribution in [3.63, 3.8) is 0 Å². The SMILES string of the molecule is CC(C)C(=O)N(C)c1cc(NC(C)c2cc(C(F)(F)F)cc(C(F)(F)F)c2)ccc1-c1ccccc1. The van der Waals surface area contributed by atoms with Crippen LogP contribution in [-0.4, -0.2) is 13.0 Å². The van der Waals surface area contributed by atoms with Crippen molar-refractivity contribution in [2.45, 2.75) is 39.2 Å². The Morgan fingerprint density at radius 1 is 0.806 bits per heavy atom. The second-order valence-electron chi connectivity index (χ2n) is 8.86. The molecule has 0 bridgehead atoms. The largest absolute Gasteiger partial charge is 0.416 e. The van der Waals surface area contributed by atoms with Gasteiger partial charge in [0.1, 0.15) is 0 Å². The van der Waals surface area contributed by atoms with Crippen molar-refractivity contribution >= 4 is 17.3 Å². The molecule has 1 unspecified atom stereocenters. The van der Waals surface area contributed by atoms with Gasteiger partial charge in [-0.25, -0.2) is 0 Å². The highest BCUT2D eigenvalue weighted by Crippen LogP contribution is 2.39. The lowest BCUT2D eigenvalue weighted by molar-refractivity contribution is -0.143. The van der Waals surface area contributed by atoms with Gasteiger partial charge in [-0.3, -0.25) is 4.79 Å². The first-order chi connectivity index (χ1) is 16.7. The third-order valence-corrected chi connectivity index (χ3v) is 5.76. The zero-order valence-corrected chi connectivity index (χ0v) is 20.1. The number of amides is 1. The second-order valence-corrected chi connectivity index (χ2v) is 8.86. The summed E-state index contributed by atoms with van der Waals surface area (Å²) in [5.41, 5.74) is -0.320. The number of carbonyl (C=O) groups is 1. The minimum absolute atomic E-state index is 0.107. The molecule has 3 aromatic carbocycles. The Bertz CT molecular complexity index is 1190. The zero-order valence-electron chi connectivity index (χ0n) is 20.1. The lowest BCUT2D eigenvalue weighted by atomic mass is 9.99. The van der Waals surface area contributed by atoms with Gasteiger partial charge in [0.25, 0.3) is 0 Å². The number of nitrogens with one attached hydrogen (secondary N) is 1. The summed E-state index contributed by atoms with van der Waals surface area (Å²) in [6, 6.07) is 15.0. The number of rotatable bonds is 6. The molecule has 0 aromatic heterocycles. The molecule has 0 spiro atoms. The van der Waals surface area contributed by atoms with Crippen molar-refractivity contribution in [2.75, 3.05) is 17.3 Å². The Balaban J connectivity index is 2.03.